The van der Waals surface area contributed by atoms with Crippen molar-refractivity contribution in [2.75, 3.05) is 13.2 Å². The van der Waals surface area contributed by atoms with Gasteiger partial charge in [0.2, 0.25) is 11.8 Å². The third kappa shape index (κ3) is 4.93. The maximum atomic E-state index is 12.5. The van der Waals surface area contributed by atoms with Gasteiger partial charge >= 0.3 is 0 Å². The lowest BCUT2D eigenvalue weighted by Crippen LogP contribution is -2.55. The molecule has 0 unspecified atom stereocenters. The first-order valence-corrected chi connectivity index (χ1v) is 7.93. The highest BCUT2D eigenvalue weighted by Gasteiger charge is 2.30. The molecule has 5 heteroatoms. The SMILES string of the molecule is C[C@@H]1CN(C(=O)[C@H](C)NC(=O)/C=C/c2ccccc2)[C@H](C)CO1. The van der Waals surface area contributed by atoms with E-state index in [1.807, 2.05) is 44.2 Å². The van der Waals surface area contributed by atoms with Crippen molar-refractivity contribution < 1.29 is 14.3 Å². The van der Waals surface area contributed by atoms with Crippen LogP contribution < -0.4 is 5.32 Å². The lowest BCUT2D eigenvalue weighted by Gasteiger charge is -2.38. The molecule has 2 amide bonds. The highest BCUT2D eigenvalue weighted by atomic mass is 16.5. The molecule has 124 valence electrons. The predicted molar refractivity (Wildman–Crippen MR) is 89.7 cm³/mol. The standard InChI is InChI=1S/C18H24N2O3/c1-13-12-23-14(2)11-20(13)18(22)15(3)19-17(21)10-9-16-7-5-4-6-8-16/h4-10,13-15H,11-12H2,1-3H3,(H,19,21)/b10-9+/t13-,14-,15+/m1/s1. The van der Waals surface area contributed by atoms with Crippen LogP contribution in [0.3, 0.4) is 0 Å². The molecular formula is C18H24N2O3. The number of ether oxygens (including phenoxy) is 1. The Morgan fingerprint density at radius 2 is 2.00 bits per heavy atom. The first kappa shape index (κ1) is 17.2. The zero-order chi connectivity index (χ0) is 16.8. The summed E-state index contributed by atoms with van der Waals surface area (Å²) in [7, 11) is 0. The van der Waals surface area contributed by atoms with Crippen molar-refractivity contribution in [2.24, 2.45) is 0 Å². The van der Waals surface area contributed by atoms with Gasteiger partial charge in [0.05, 0.1) is 18.8 Å². The van der Waals surface area contributed by atoms with Crippen molar-refractivity contribution in [1.82, 2.24) is 10.2 Å². The molecule has 0 bridgehead atoms. The number of rotatable bonds is 4. The molecule has 1 fully saturated rings. The molecule has 3 atom stereocenters. The number of nitrogens with one attached hydrogen (secondary N) is 1. The molecule has 0 radical (unpaired) electrons. The molecule has 1 N–H and O–H groups in total. The molecule has 1 saturated heterocycles. The summed E-state index contributed by atoms with van der Waals surface area (Å²) in [5.41, 5.74) is 0.942. The van der Waals surface area contributed by atoms with Crippen molar-refractivity contribution in [1.29, 1.82) is 0 Å². The zero-order valence-electron chi connectivity index (χ0n) is 13.9. The number of amides is 2. The quantitative estimate of drug-likeness (QED) is 0.862. The summed E-state index contributed by atoms with van der Waals surface area (Å²) >= 11 is 0. The molecule has 2 rings (SSSR count). The van der Waals surface area contributed by atoms with Gasteiger partial charge in [0, 0.05) is 12.6 Å². The lowest BCUT2D eigenvalue weighted by molar-refractivity contribution is -0.146. The summed E-state index contributed by atoms with van der Waals surface area (Å²) in [6.07, 6.45) is 3.20. The fourth-order valence-corrected chi connectivity index (χ4v) is 2.52. The second-order valence-corrected chi connectivity index (χ2v) is 5.96. The number of benzene rings is 1. The molecule has 1 aromatic carbocycles. The highest BCUT2D eigenvalue weighted by Crippen LogP contribution is 2.12. The van der Waals surface area contributed by atoms with E-state index < -0.39 is 6.04 Å². The fourth-order valence-electron chi connectivity index (χ4n) is 2.52. The summed E-state index contributed by atoms with van der Waals surface area (Å²) in [5.74, 6) is -0.349. The minimum absolute atomic E-state index is 0.0241. The number of hydrogen-bond donors (Lipinski definition) is 1. The van der Waals surface area contributed by atoms with Gasteiger partial charge in [-0.1, -0.05) is 30.3 Å². The predicted octanol–water partition coefficient (Wildman–Crippen LogP) is 1.84. The van der Waals surface area contributed by atoms with E-state index in [0.29, 0.717) is 13.2 Å². The van der Waals surface area contributed by atoms with E-state index in [4.69, 9.17) is 4.74 Å². The minimum atomic E-state index is -0.560. The molecule has 0 spiro atoms. The van der Waals surface area contributed by atoms with Crippen molar-refractivity contribution in [2.45, 2.75) is 39.0 Å². The van der Waals surface area contributed by atoms with Crippen LogP contribution in [-0.2, 0) is 14.3 Å². The van der Waals surface area contributed by atoms with Gasteiger partial charge in [-0.2, -0.15) is 0 Å². The first-order valence-electron chi connectivity index (χ1n) is 7.93. The summed E-state index contributed by atoms with van der Waals surface area (Å²) in [4.78, 5) is 26.2. The molecule has 1 heterocycles. The molecule has 5 nitrogen and oxygen atoms in total. The van der Waals surface area contributed by atoms with Crippen molar-refractivity contribution in [3.05, 3.63) is 42.0 Å². The van der Waals surface area contributed by atoms with Crippen LogP contribution >= 0.6 is 0 Å². The Kier molecular flexibility index (Phi) is 5.93. The average Bonchev–Trinajstić information content (AvgIpc) is 2.55. The van der Waals surface area contributed by atoms with Crippen molar-refractivity contribution in [3.8, 4) is 0 Å². The number of carbonyl (C=O) groups excluding carboxylic acids is 2. The normalized spacial score (nSPS) is 22.8. The Morgan fingerprint density at radius 1 is 1.30 bits per heavy atom. The van der Waals surface area contributed by atoms with Gasteiger partial charge in [-0.05, 0) is 32.4 Å². The molecule has 1 aliphatic rings. The van der Waals surface area contributed by atoms with Gasteiger partial charge in [0.15, 0.2) is 0 Å². The topological polar surface area (TPSA) is 58.6 Å². The average molecular weight is 316 g/mol. The molecular weight excluding hydrogens is 292 g/mol. The lowest BCUT2D eigenvalue weighted by atomic mass is 10.1. The molecule has 1 aliphatic heterocycles. The van der Waals surface area contributed by atoms with Crippen LogP contribution in [0.15, 0.2) is 36.4 Å². The van der Waals surface area contributed by atoms with E-state index in [0.717, 1.165) is 5.56 Å². The maximum Gasteiger partial charge on any atom is 0.245 e. The number of morpholine rings is 1. The molecule has 0 aliphatic carbocycles. The van der Waals surface area contributed by atoms with E-state index in [1.165, 1.54) is 6.08 Å². The summed E-state index contributed by atoms with van der Waals surface area (Å²) in [5, 5.41) is 2.72. The van der Waals surface area contributed by atoms with E-state index >= 15 is 0 Å². The second-order valence-electron chi connectivity index (χ2n) is 5.96. The van der Waals surface area contributed by atoms with Crippen molar-refractivity contribution >= 4 is 17.9 Å². The number of nitrogens with zero attached hydrogens (tertiary/aromatic N) is 1. The first-order chi connectivity index (χ1) is 11.0. The molecule has 1 aromatic rings. The maximum absolute atomic E-state index is 12.5. The highest BCUT2D eigenvalue weighted by molar-refractivity contribution is 5.95. The van der Waals surface area contributed by atoms with Gasteiger partial charge in [-0.25, -0.2) is 0 Å². The largest absolute Gasteiger partial charge is 0.375 e. The van der Waals surface area contributed by atoms with Crippen LogP contribution in [0, 0.1) is 0 Å². The molecule has 0 aromatic heterocycles. The Balaban J connectivity index is 1.90. The third-order valence-electron chi connectivity index (χ3n) is 3.85. The van der Waals surface area contributed by atoms with Gasteiger partial charge in [0.25, 0.3) is 0 Å². The Morgan fingerprint density at radius 3 is 2.70 bits per heavy atom. The van der Waals surface area contributed by atoms with E-state index in [2.05, 4.69) is 5.32 Å². The van der Waals surface area contributed by atoms with Gasteiger partial charge < -0.3 is 15.0 Å². The smallest absolute Gasteiger partial charge is 0.245 e. The van der Waals surface area contributed by atoms with Crippen LogP contribution in [0.5, 0.6) is 0 Å². The molecule has 0 saturated carbocycles. The third-order valence-corrected chi connectivity index (χ3v) is 3.85. The summed E-state index contributed by atoms with van der Waals surface area (Å²) in [6, 6.07) is 9.02. The van der Waals surface area contributed by atoms with Gasteiger partial charge in [-0.3, -0.25) is 9.59 Å². The monoisotopic (exact) mass is 316 g/mol. The Bertz CT molecular complexity index is 571. The second kappa shape index (κ2) is 7.92. The summed E-state index contributed by atoms with van der Waals surface area (Å²) < 4.78 is 5.53. The Labute approximate surface area is 137 Å². The van der Waals surface area contributed by atoms with Crippen LogP contribution in [-0.4, -0.2) is 48.1 Å². The Hall–Kier alpha value is -2.14. The fraction of sp³-hybridized carbons (Fsp3) is 0.444. The van der Waals surface area contributed by atoms with E-state index in [9.17, 15) is 9.59 Å². The van der Waals surface area contributed by atoms with Crippen LogP contribution in [0.4, 0.5) is 0 Å². The van der Waals surface area contributed by atoms with Crippen LogP contribution in [0.25, 0.3) is 6.08 Å². The van der Waals surface area contributed by atoms with Crippen molar-refractivity contribution in [3.63, 3.8) is 0 Å². The van der Waals surface area contributed by atoms with Gasteiger partial charge in [0.1, 0.15) is 6.04 Å². The van der Waals surface area contributed by atoms with E-state index in [1.54, 1.807) is 17.9 Å². The minimum Gasteiger partial charge on any atom is -0.375 e. The zero-order valence-corrected chi connectivity index (χ0v) is 13.9. The van der Waals surface area contributed by atoms with E-state index in [-0.39, 0.29) is 24.0 Å². The summed E-state index contributed by atoms with van der Waals surface area (Å²) in [6.45, 7) is 6.69. The van der Waals surface area contributed by atoms with Gasteiger partial charge in [-0.15, -0.1) is 0 Å². The molecule has 23 heavy (non-hydrogen) atoms. The number of carbonyl (C=O) groups is 2. The van der Waals surface area contributed by atoms with Crippen LogP contribution in [0.2, 0.25) is 0 Å². The number of hydrogen-bond acceptors (Lipinski definition) is 3. The van der Waals surface area contributed by atoms with Crippen LogP contribution in [0.1, 0.15) is 26.3 Å².